The van der Waals surface area contributed by atoms with Crippen molar-refractivity contribution in [3.63, 3.8) is 0 Å². The van der Waals surface area contributed by atoms with Crippen LogP contribution in [0.2, 0.25) is 0 Å². The molecule has 2 heteroatoms. The van der Waals surface area contributed by atoms with Crippen LogP contribution in [0.5, 0.6) is 0 Å². The number of hydrogen-bond acceptors (Lipinski definition) is 2. The molecule has 0 spiro atoms. The summed E-state index contributed by atoms with van der Waals surface area (Å²) in [6, 6.07) is 2.91. The molecule has 0 aromatic carbocycles. The fraction of sp³-hybridized carbons (Fsp3) is 0.615. The third-order valence-corrected chi connectivity index (χ3v) is 3.22. The van der Waals surface area contributed by atoms with Crippen LogP contribution in [0.15, 0.2) is 12.3 Å². The average Bonchev–Trinajstić information content (AvgIpc) is 2.16. The zero-order chi connectivity index (χ0) is 11.0. The Kier molecular flexibility index (Phi) is 2.79. The number of rotatable bonds is 1. The summed E-state index contributed by atoms with van der Waals surface area (Å²) in [5, 5.41) is 0. The largest absolute Gasteiger partial charge is 0.296 e. The summed E-state index contributed by atoms with van der Waals surface area (Å²) < 4.78 is 0. The van der Waals surface area contributed by atoms with E-state index in [2.05, 4.69) is 43.6 Å². The second-order valence-corrected chi connectivity index (χ2v) is 4.98. The molecule has 0 N–H and O–H groups in total. The minimum absolute atomic E-state index is 0.566. The molecule has 0 fully saturated rings. The summed E-state index contributed by atoms with van der Waals surface area (Å²) in [7, 11) is 0. The lowest BCUT2D eigenvalue weighted by Crippen LogP contribution is -2.38. The first-order valence-corrected chi connectivity index (χ1v) is 5.77. The molecule has 1 atom stereocenters. The Hall–Kier alpha value is -0.890. The first kappa shape index (κ1) is 10.6. The fourth-order valence-corrected chi connectivity index (χ4v) is 2.33. The van der Waals surface area contributed by atoms with Gasteiger partial charge in [0.1, 0.15) is 0 Å². The van der Waals surface area contributed by atoms with E-state index in [9.17, 15) is 0 Å². The lowest BCUT2D eigenvalue weighted by Gasteiger charge is -2.35. The second kappa shape index (κ2) is 3.93. The van der Waals surface area contributed by atoms with Gasteiger partial charge >= 0.3 is 0 Å². The zero-order valence-corrected chi connectivity index (χ0v) is 10.1. The summed E-state index contributed by atoms with van der Waals surface area (Å²) in [6.07, 6.45) is 1.99. The van der Waals surface area contributed by atoms with Crippen LogP contribution in [-0.2, 0) is 6.54 Å². The van der Waals surface area contributed by atoms with Crippen molar-refractivity contribution in [2.24, 2.45) is 0 Å². The molecule has 1 aliphatic rings. The van der Waals surface area contributed by atoms with Crippen LogP contribution in [0.3, 0.4) is 0 Å². The molecule has 1 aromatic heterocycles. The van der Waals surface area contributed by atoms with Crippen molar-refractivity contribution < 1.29 is 0 Å². The molecule has 82 valence electrons. The molecule has 0 aliphatic carbocycles. The predicted octanol–water partition coefficient (Wildman–Crippen LogP) is 2.72. The van der Waals surface area contributed by atoms with Gasteiger partial charge in [-0.2, -0.15) is 0 Å². The highest BCUT2D eigenvalue weighted by Crippen LogP contribution is 2.27. The van der Waals surface area contributed by atoms with Gasteiger partial charge in [0.2, 0.25) is 0 Å². The van der Waals surface area contributed by atoms with Crippen molar-refractivity contribution in [3.05, 3.63) is 29.1 Å². The highest BCUT2D eigenvalue weighted by atomic mass is 15.2. The number of aromatic nitrogens is 1. The van der Waals surface area contributed by atoms with Crippen molar-refractivity contribution >= 4 is 0 Å². The first-order chi connectivity index (χ1) is 7.08. The topological polar surface area (TPSA) is 16.1 Å². The molecule has 0 bridgehead atoms. The molecular formula is C13H20N2. The normalized spacial score (nSPS) is 21.8. The predicted molar refractivity (Wildman–Crippen MR) is 62.9 cm³/mol. The first-order valence-electron chi connectivity index (χ1n) is 5.77. The molecule has 1 aromatic rings. The van der Waals surface area contributed by atoms with Gasteiger partial charge in [0.25, 0.3) is 0 Å². The maximum Gasteiger partial charge on any atom is 0.0489 e. The minimum atomic E-state index is 0.566. The van der Waals surface area contributed by atoms with Gasteiger partial charge in [0.05, 0.1) is 0 Å². The average molecular weight is 204 g/mol. The van der Waals surface area contributed by atoms with Crippen LogP contribution in [0.25, 0.3) is 0 Å². The molecule has 0 saturated carbocycles. The molecule has 2 rings (SSSR count). The van der Waals surface area contributed by atoms with E-state index in [-0.39, 0.29) is 0 Å². The van der Waals surface area contributed by atoms with Crippen molar-refractivity contribution in [2.45, 2.75) is 46.2 Å². The van der Waals surface area contributed by atoms with Gasteiger partial charge < -0.3 is 0 Å². The third kappa shape index (κ3) is 2.05. The van der Waals surface area contributed by atoms with Crippen LogP contribution in [0.4, 0.5) is 0 Å². The second-order valence-electron chi connectivity index (χ2n) is 4.98. The highest BCUT2D eigenvalue weighted by molar-refractivity contribution is 5.29. The minimum Gasteiger partial charge on any atom is -0.296 e. The molecule has 2 heterocycles. The Morgan fingerprint density at radius 2 is 2.20 bits per heavy atom. The molecule has 2 nitrogen and oxygen atoms in total. The van der Waals surface area contributed by atoms with E-state index < -0.39 is 0 Å². The van der Waals surface area contributed by atoms with Gasteiger partial charge in [0, 0.05) is 36.9 Å². The fourth-order valence-electron chi connectivity index (χ4n) is 2.33. The van der Waals surface area contributed by atoms with Crippen molar-refractivity contribution in [2.75, 3.05) is 6.54 Å². The Labute approximate surface area is 92.3 Å². The standard InChI is InChI=1S/C13H20N2/c1-9(2)15-7-11(4)13-12(8-15)5-10(3)6-14-13/h5-6,9,11H,7-8H2,1-4H3. The van der Waals surface area contributed by atoms with Crippen LogP contribution in [0.1, 0.15) is 43.5 Å². The Morgan fingerprint density at radius 1 is 1.47 bits per heavy atom. The monoisotopic (exact) mass is 204 g/mol. The number of pyridine rings is 1. The van der Waals surface area contributed by atoms with E-state index in [0.717, 1.165) is 13.1 Å². The molecule has 1 unspecified atom stereocenters. The lowest BCUT2D eigenvalue weighted by atomic mass is 9.95. The number of fused-ring (bicyclic) bond motifs is 1. The van der Waals surface area contributed by atoms with Crippen molar-refractivity contribution in [1.82, 2.24) is 9.88 Å². The molecule has 1 aliphatic heterocycles. The summed E-state index contributed by atoms with van der Waals surface area (Å²) in [4.78, 5) is 7.09. The SMILES string of the molecule is Cc1cnc2c(c1)CN(C(C)C)CC2C. The van der Waals surface area contributed by atoms with Gasteiger partial charge in [-0.25, -0.2) is 0 Å². The Bertz CT molecular complexity index is 358. The van der Waals surface area contributed by atoms with Crippen LogP contribution < -0.4 is 0 Å². The molecule has 0 amide bonds. The molecule has 15 heavy (non-hydrogen) atoms. The summed E-state index contributed by atoms with van der Waals surface area (Å²) in [5.41, 5.74) is 3.99. The van der Waals surface area contributed by atoms with E-state index in [0.29, 0.717) is 12.0 Å². The van der Waals surface area contributed by atoms with E-state index >= 15 is 0 Å². The maximum absolute atomic E-state index is 4.57. The van der Waals surface area contributed by atoms with Gasteiger partial charge in [-0.05, 0) is 31.9 Å². The van der Waals surface area contributed by atoms with E-state index in [4.69, 9.17) is 0 Å². The quantitative estimate of drug-likeness (QED) is 0.699. The van der Waals surface area contributed by atoms with E-state index in [1.54, 1.807) is 0 Å². The van der Waals surface area contributed by atoms with E-state index in [1.807, 2.05) is 6.20 Å². The van der Waals surface area contributed by atoms with Crippen molar-refractivity contribution in [1.29, 1.82) is 0 Å². The molecule has 0 saturated heterocycles. The summed E-state index contributed by atoms with van der Waals surface area (Å²) >= 11 is 0. The van der Waals surface area contributed by atoms with Gasteiger partial charge in [-0.15, -0.1) is 0 Å². The van der Waals surface area contributed by atoms with Crippen molar-refractivity contribution in [3.8, 4) is 0 Å². The van der Waals surface area contributed by atoms with Gasteiger partial charge in [-0.1, -0.05) is 13.0 Å². The Morgan fingerprint density at radius 3 is 2.87 bits per heavy atom. The molecule has 0 radical (unpaired) electrons. The molecular weight excluding hydrogens is 184 g/mol. The maximum atomic E-state index is 4.57. The number of nitrogens with zero attached hydrogens (tertiary/aromatic N) is 2. The zero-order valence-electron chi connectivity index (χ0n) is 10.1. The van der Waals surface area contributed by atoms with Crippen LogP contribution in [0, 0.1) is 6.92 Å². The Balaban J connectivity index is 2.33. The third-order valence-electron chi connectivity index (χ3n) is 3.22. The number of aryl methyl sites for hydroxylation is 1. The summed E-state index contributed by atoms with van der Waals surface area (Å²) in [6.45, 7) is 11.1. The van der Waals surface area contributed by atoms with Gasteiger partial charge in [0.15, 0.2) is 0 Å². The lowest BCUT2D eigenvalue weighted by molar-refractivity contribution is 0.186. The van der Waals surface area contributed by atoms with E-state index in [1.165, 1.54) is 16.8 Å². The summed E-state index contributed by atoms with van der Waals surface area (Å²) in [5.74, 6) is 0.566. The smallest absolute Gasteiger partial charge is 0.0489 e. The van der Waals surface area contributed by atoms with Crippen LogP contribution in [-0.4, -0.2) is 22.5 Å². The van der Waals surface area contributed by atoms with Crippen LogP contribution >= 0.6 is 0 Å². The number of hydrogen-bond donors (Lipinski definition) is 0. The van der Waals surface area contributed by atoms with Gasteiger partial charge in [-0.3, -0.25) is 9.88 Å². The highest BCUT2D eigenvalue weighted by Gasteiger charge is 2.24.